The van der Waals surface area contributed by atoms with Crippen LogP contribution in [0.3, 0.4) is 0 Å². The third-order valence-corrected chi connectivity index (χ3v) is 4.27. The zero-order valence-corrected chi connectivity index (χ0v) is 16.0. The molecule has 0 aromatic heterocycles. The Morgan fingerprint density at radius 2 is 1.82 bits per heavy atom. The third kappa shape index (κ3) is 6.05. The maximum absolute atomic E-state index is 12.0. The van der Waals surface area contributed by atoms with Gasteiger partial charge >= 0.3 is 5.97 Å². The Morgan fingerprint density at radius 3 is 2.43 bits per heavy atom. The SMILES string of the molecule is Cc1ccc([C@H](C)NC(=O)COC(=O)/C=C/c2ccc([N+](=O)[O-])cc2)cc1C. The molecule has 0 saturated heterocycles. The average Bonchev–Trinajstić information content (AvgIpc) is 2.67. The van der Waals surface area contributed by atoms with Crippen LogP contribution < -0.4 is 5.32 Å². The summed E-state index contributed by atoms with van der Waals surface area (Å²) in [6.07, 6.45) is 2.63. The predicted molar refractivity (Wildman–Crippen MR) is 106 cm³/mol. The van der Waals surface area contributed by atoms with Gasteiger partial charge in [0.05, 0.1) is 11.0 Å². The standard InChI is InChI=1S/C21H22N2O5/c1-14-4-8-18(12-15(14)2)16(3)22-20(24)13-28-21(25)11-7-17-5-9-19(10-6-17)23(26)27/h4-12,16H,13H2,1-3H3,(H,22,24)/b11-7+/t16-/m0/s1. The molecule has 0 aliphatic rings. The zero-order chi connectivity index (χ0) is 20.7. The van der Waals surface area contributed by atoms with E-state index in [-0.39, 0.29) is 11.7 Å². The molecule has 0 spiro atoms. The summed E-state index contributed by atoms with van der Waals surface area (Å²) >= 11 is 0. The topological polar surface area (TPSA) is 98.5 Å². The summed E-state index contributed by atoms with van der Waals surface area (Å²) in [5, 5.41) is 13.4. The molecule has 7 heteroatoms. The smallest absolute Gasteiger partial charge is 0.331 e. The normalized spacial score (nSPS) is 11.8. The molecule has 2 aromatic rings. The second-order valence-corrected chi connectivity index (χ2v) is 6.42. The van der Waals surface area contributed by atoms with E-state index in [9.17, 15) is 19.7 Å². The second-order valence-electron chi connectivity index (χ2n) is 6.42. The summed E-state index contributed by atoms with van der Waals surface area (Å²) in [6.45, 7) is 5.50. The highest BCUT2D eigenvalue weighted by Crippen LogP contribution is 2.16. The molecule has 1 amide bonds. The van der Waals surface area contributed by atoms with Gasteiger partial charge in [-0.05, 0) is 61.2 Å². The minimum Gasteiger partial charge on any atom is -0.452 e. The van der Waals surface area contributed by atoms with E-state index in [1.165, 1.54) is 42.0 Å². The maximum Gasteiger partial charge on any atom is 0.331 e. The van der Waals surface area contributed by atoms with Gasteiger partial charge in [0.2, 0.25) is 0 Å². The number of hydrogen-bond acceptors (Lipinski definition) is 5. The van der Waals surface area contributed by atoms with E-state index in [0.717, 1.165) is 11.1 Å². The minimum absolute atomic E-state index is 0.0331. The Morgan fingerprint density at radius 1 is 1.14 bits per heavy atom. The van der Waals surface area contributed by atoms with Gasteiger partial charge in [-0.3, -0.25) is 14.9 Å². The van der Waals surface area contributed by atoms with Gasteiger partial charge in [-0.2, -0.15) is 0 Å². The monoisotopic (exact) mass is 382 g/mol. The molecule has 28 heavy (non-hydrogen) atoms. The largest absolute Gasteiger partial charge is 0.452 e. The molecule has 0 saturated carbocycles. The van der Waals surface area contributed by atoms with Crippen LogP contribution in [0.5, 0.6) is 0 Å². The summed E-state index contributed by atoms with van der Waals surface area (Å²) in [5.41, 5.74) is 3.86. The first kappa shape index (κ1) is 20.8. The average molecular weight is 382 g/mol. The van der Waals surface area contributed by atoms with Crippen LogP contribution in [0, 0.1) is 24.0 Å². The van der Waals surface area contributed by atoms with Crippen molar-refractivity contribution < 1.29 is 19.2 Å². The fraction of sp³-hybridized carbons (Fsp3) is 0.238. The fourth-order valence-corrected chi connectivity index (χ4v) is 2.46. The Balaban J connectivity index is 1.82. The first-order chi connectivity index (χ1) is 13.3. The molecule has 7 nitrogen and oxygen atoms in total. The number of nitrogens with zero attached hydrogens (tertiary/aromatic N) is 1. The maximum atomic E-state index is 12.0. The summed E-state index contributed by atoms with van der Waals surface area (Å²) in [5.74, 6) is -1.07. The number of benzene rings is 2. The number of amides is 1. The fourth-order valence-electron chi connectivity index (χ4n) is 2.46. The molecular formula is C21H22N2O5. The van der Waals surface area contributed by atoms with Gasteiger partial charge in [0.1, 0.15) is 0 Å². The molecule has 0 fully saturated rings. The number of esters is 1. The van der Waals surface area contributed by atoms with Crippen molar-refractivity contribution in [1.29, 1.82) is 0 Å². The molecule has 1 N–H and O–H groups in total. The molecule has 0 heterocycles. The first-order valence-corrected chi connectivity index (χ1v) is 8.72. The molecule has 2 aromatic carbocycles. The van der Waals surface area contributed by atoms with Gasteiger partial charge in [-0.25, -0.2) is 4.79 Å². The molecule has 0 aliphatic heterocycles. The number of nitro benzene ring substituents is 1. The van der Waals surface area contributed by atoms with Crippen molar-refractivity contribution in [1.82, 2.24) is 5.32 Å². The van der Waals surface area contributed by atoms with Crippen LogP contribution in [0.15, 0.2) is 48.5 Å². The number of ether oxygens (including phenoxy) is 1. The lowest BCUT2D eigenvalue weighted by atomic mass is 10.0. The summed E-state index contributed by atoms with van der Waals surface area (Å²) in [4.78, 5) is 33.8. The van der Waals surface area contributed by atoms with Crippen LogP contribution >= 0.6 is 0 Å². The number of carbonyl (C=O) groups is 2. The van der Waals surface area contributed by atoms with Gasteiger partial charge in [-0.1, -0.05) is 18.2 Å². The van der Waals surface area contributed by atoms with Gasteiger partial charge in [-0.15, -0.1) is 0 Å². The van der Waals surface area contributed by atoms with Gasteiger partial charge in [0, 0.05) is 18.2 Å². The van der Waals surface area contributed by atoms with Crippen LogP contribution in [-0.2, 0) is 14.3 Å². The Hall–Kier alpha value is -3.48. The van der Waals surface area contributed by atoms with Gasteiger partial charge in [0.25, 0.3) is 11.6 Å². The van der Waals surface area contributed by atoms with Crippen LogP contribution in [0.2, 0.25) is 0 Å². The number of rotatable bonds is 7. The van der Waals surface area contributed by atoms with Crippen molar-refractivity contribution in [2.24, 2.45) is 0 Å². The van der Waals surface area contributed by atoms with Crippen molar-refractivity contribution in [3.63, 3.8) is 0 Å². The van der Waals surface area contributed by atoms with E-state index in [0.29, 0.717) is 5.56 Å². The Kier molecular flexibility index (Phi) is 7.03. The molecule has 146 valence electrons. The molecule has 0 aliphatic carbocycles. The van der Waals surface area contributed by atoms with E-state index in [4.69, 9.17) is 4.74 Å². The van der Waals surface area contributed by atoms with Gasteiger partial charge in [0.15, 0.2) is 6.61 Å². The van der Waals surface area contributed by atoms with Crippen molar-refractivity contribution in [2.45, 2.75) is 26.8 Å². The number of non-ortho nitro benzene ring substituents is 1. The molecular weight excluding hydrogens is 360 g/mol. The summed E-state index contributed by atoms with van der Waals surface area (Å²) in [7, 11) is 0. The Labute approximate surface area is 163 Å². The van der Waals surface area contributed by atoms with Crippen molar-refractivity contribution >= 4 is 23.6 Å². The van der Waals surface area contributed by atoms with E-state index in [1.54, 1.807) is 0 Å². The van der Waals surface area contributed by atoms with Crippen molar-refractivity contribution in [2.75, 3.05) is 6.61 Å². The highest BCUT2D eigenvalue weighted by Gasteiger charge is 2.11. The van der Waals surface area contributed by atoms with Crippen LogP contribution in [-0.4, -0.2) is 23.4 Å². The van der Waals surface area contributed by atoms with Crippen LogP contribution in [0.1, 0.15) is 35.2 Å². The number of aryl methyl sites for hydroxylation is 2. The molecule has 0 bridgehead atoms. The highest BCUT2D eigenvalue weighted by atomic mass is 16.6. The van der Waals surface area contributed by atoms with E-state index in [2.05, 4.69) is 5.32 Å². The predicted octanol–water partition coefficient (Wildman–Crippen LogP) is 3.65. The number of hydrogen-bond donors (Lipinski definition) is 1. The number of nitrogens with one attached hydrogen (secondary N) is 1. The highest BCUT2D eigenvalue weighted by molar-refractivity contribution is 5.89. The van der Waals surface area contributed by atoms with Crippen LogP contribution in [0.25, 0.3) is 6.08 Å². The van der Waals surface area contributed by atoms with E-state index >= 15 is 0 Å². The van der Waals surface area contributed by atoms with Crippen molar-refractivity contribution in [3.05, 3.63) is 80.9 Å². The molecule has 0 unspecified atom stereocenters. The van der Waals surface area contributed by atoms with Crippen molar-refractivity contribution in [3.8, 4) is 0 Å². The lowest BCUT2D eigenvalue weighted by molar-refractivity contribution is -0.384. The van der Waals surface area contributed by atoms with Gasteiger partial charge < -0.3 is 10.1 Å². The molecule has 1 atom stereocenters. The Bertz CT molecular complexity index is 904. The summed E-state index contributed by atoms with van der Waals surface area (Å²) in [6, 6.07) is 11.5. The van der Waals surface area contributed by atoms with E-state index in [1.807, 2.05) is 39.0 Å². The lowest BCUT2D eigenvalue weighted by Crippen LogP contribution is -2.31. The third-order valence-electron chi connectivity index (χ3n) is 4.27. The first-order valence-electron chi connectivity index (χ1n) is 8.72. The molecule has 0 radical (unpaired) electrons. The number of nitro groups is 1. The second kappa shape index (κ2) is 9.45. The molecule has 2 rings (SSSR count). The lowest BCUT2D eigenvalue weighted by Gasteiger charge is -2.15. The minimum atomic E-state index is -0.674. The van der Waals surface area contributed by atoms with E-state index < -0.39 is 23.4 Å². The van der Waals surface area contributed by atoms with Crippen LogP contribution in [0.4, 0.5) is 5.69 Å². The number of carbonyl (C=O) groups excluding carboxylic acids is 2. The quantitative estimate of drug-likeness (QED) is 0.341. The summed E-state index contributed by atoms with van der Waals surface area (Å²) < 4.78 is 4.92. The zero-order valence-electron chi connectivity index (χ0n) is 16.0.